The van der Waals surface area contributed by atoms with Gasteiger partial charge in [0.05, 0.1) is 24.5 Å². The second-order valence-corrected chi connectivity index (χ2v) is 6.30. The number of hydrogen-bond acceptors (Lipinski definition) is 4. The van der Waals surface area contributed by atoms with Gasteiger partial charge in [-0.3, -0.25) is 0 Å². The number of ether oxygens (including phenoxy) is 2. The van der Waals surface area contributed by atoms with Crippen LogP contribution in [0.3, 0.4) is 0 Å². The lowest BCUT2D eigenvalue weighted by Gasteiger charge is -2.23. The van der Waals surface area contributed by atoms with Gasteiger partial charge < -0.3 is 20.1 Å². The van der Waals surface area contributed by atoms with Gasteiger partial charge in [0, 0.05) is 6.04 Å². The van der Waals surface area contributed by atoms with Crippen LogP contribution < -0.4 is 15.4 Å². The molecule has 0 saturated heterocycles. The van der Waals surface area contributed by atoms with Gasteiger partial charge in [-0.2, -0.15) is 0 Å². The lowest BCUT2D eigenvalue weighted by Crippen LogP contribution is -2.39. The summed E-state index contributed by atoms with van der Waals surface area (Å²) in [6.07, 6.45) is 5.48. The highest BCUT2D eigenvalue weighted by molar-refractivity contribution is 5.95. The van der Waals surface area contributed by atoms with E-state index in [1.807, 2.05) is 13.8 Å². The summed E-state index contributed by atoms with van der Waals surface area (Å²) in [5.74, 6) is 0.0679. The van der Waals surface area contributed by atoms with Crippen molar-refractivity contribution in [3.05, 3.63) is 23.8 Å². The third-order valence-electron chi connectivity index (χ3n) is 3.95. The van der Waals surface area contributed by atoms with Crippen LogP contribution in [0.1, 0.15) is 56.3 Å². The molecule has 0 spiro atoms. The molecule has 1 aliphatic carbocycles. The summed E-state index contributed by atoms with van der Waals surface area (Å²) in [4.78, 5) is 24.0. The smallest absolute Gasteiger partial charge is 0.337 e. The van der Waals surface area contributed by atoms with Crippen molar-refractivity contribution in [3.63, 3.8) is 0 Å². The Morgan fingerprint density at radius 2 is 1.88 bits per heavy atom. The van der Waals surface area contributed by atoms with Crippen LogP contribution in [0.15, 0.2) is 18.2 Å². The van der Waals surface area contributed by atoms with Gasteiger partial charge in [-0.05, 0) is 44.9 Å². The molecule has 6 nitrogen and oxygen atoms in total. The molecule has 0 radical (unpaired) electrons. The van der Waals surface area contributed by atoms with Crippen molar-refractivity contribution in [1.29, 1.82) is 0 Å². The van der Waals surface area contributed by atoms with Crippen LogP contribution in [0.4, 0.5) is 10.5 Å². The first kappa shape index (κ1) is 18.1. The number of urea groups is 1. The van der Waals surface area contributed by atoms with Crippen molar-refractivity contribution < 1.29 is 19.1 Å². The zero-order valence-corrected chi connectivity index (χ0v) is 14.6. The molecular weight excluding hydrogens is 308 g/mol. The van der Waals surface area contributed by atoms with E-state index in [-0.39, 0.29) is 18.2 Å². The third kappa shape index (κ3) is 5.15. The monoisotopic (exact) mass is 334 g/mol. The molecule has 6 heteroatoms. The van der Waals surface area contributed by atoms with Gasteiger partial charge in [0.15, 0.2) is 0 Å². The Hall–Kier alpha value is -2.24. The largest absolute Gasteiger partial charge is 0.489 e. The minimum atomic E-state index is -0.457. The first-order valence-electron chi connectivity index (χ1n) is 8.46. The Kier molecular flexibility index (Phi) is 6.46. The summed E-state index contributed by atoms with van der Waals surface area (Å²) >= 11 is 0. The second kappa shape index (κ2) is 8.57. The van der Waals surface area contributed by atoms with E-state index in [1.165, 1.54) is 13.5 Å². The molecule has 132 valence electrons. The van der Waals surface area contributed by atoms with Crippen molar-refractivity contribution in [1.82, 2.24) is 5.32 Å². The van der Waals surface area contributed by atoms with Gasteiger partial charge in [-0.25, -0.2) is 9.59 Å². The molecule has 0 aliphatic heterocycles. The summed E-state index contributed by atoms with van der Waals surface area (Å²) in [7, 11) is 1.32. The molecule has 0 bridgehead atoms. The van der Waals surface area contributed by atoms with E-state index in [4.69, 9.17) is 9.47 Å². The maximum Gasteiger partial charge on any atom is 0.337 e. The molecule has 1 aromatic rings. The fraction of sp³-hybridized carbons (Fsp3) is 0.556. The highest BCUT2D eigenvalue weighted by Crippen LogP contribution is 2.27. The van der Waals surface area contributed by atoms with Crippen molar-refractivity contribution >= 4 is 17.7 Å². The van der Waals surface area contributed by atoms with E-state index < -0.39 is 5.97 Å². The maximum atomic E-state index is 12.3. The quantitative estimate of drug-likeness (QED) is 0.805. The molecule has 0 unspecified atom stereocenters. The van der Waals surface area contributed by atoms with Crippen molar-refractivity contribution in [3.8, 4) is 5.75 Å². The zero-order chi connectivity index (χ0) is 17.5. The van der Waals surface area contributed by atoms with Crippen LogP contribution in [0.2, 0.25) is 0 Å². The third-order valence-corrected chi connectivity index (χ3v) is 3.95. The van der Waals surface area contributed by atoms with Crippen molar-refractivity contribution in [2.75, 3.05) is 12.4 Å². The second-order valence-electron chi connectivity index (χ2n) is 6.30. The molecular formula is C18H26N2O4. The molecule has 0 atom stereocenters. The van der Waals surface area contributed by atoms with Gasteiger partial charge in [0.25, 0.3) is 0 Å². The highest BCUT2D eigenvalue weighted by Gasteiger charge is 2.18. The fourth-order valence-corrected chi connectivity index (χ4v) is 2.82. The molecule has 0 aromatic heterocycles. The topological polar surface area (TPSA) is 76.7 Å². The fourth-order valence-electron chi connectivity index (χ4n) is 2.82. The first-order valence-corrected chi connectivity index (χ1v) is 8.46. The van der Waals surface area contributed by atoms with Gasteiger partial charge >= 0.3 is 12.0 Å². The standard InChI is InChI=1S/C18H26N2O4/c1-12(2)24-16-10-9-13(17(21)23-3)11-15(16)20-18(22)19-14-7-5-4-6-8-14/h9-12,14H,4-8H2,1-3H3,(H2,19,20,22). The number of amides is 2. The van der Waals surface area contributed by atoms with E-state index in [9.17, 15) is 9.59 Å². The van der Waals surface area contributed by atoms with E-state index in [0.29, 0.717) is 17.0 Å². The van der Waals surface area contributed by atoms with Crippen LogP contribution in [0.5, 0.6) is 5.75 Å². The molecule has 1 aromatic carbocycles. The van der Waals surface area contributed by atoms with Crippen LogP contribution in [-0.4, -0.2) is 31.3 Å². The lowest BCUT2D eigenvalue weighted by molar-refractivity contribution is 0.0600. The van der Waals surface area contributed by atoms with E-state index in [0.717, 1.165) is 25.7 Å². The molecule has 2 rings (SSSR count). The predicted molar refractivity (Wildman–Crippen MR) is 92.6 cm³/mol. The average Bonchev–Trinajstić information content (AvgIpc) is 2.56. The summed E-state index contributed by atoms with van der Waals surface area (Å²) < 4.78 is 10.4. The number of methoxy groups -OCH3 is 1. The maximum absolute atomic E-state index is 12.3. The van der Waals surface area contributed by atoms with Crippen molar-refractivity contribution in [2.45, 2.75) is 58.1 Å². The number of rotatable bonds is 5. The Morgan fingerprint density at radius 3 is 2.50 bits per heavy atom. The van der Waals surface area contributed by atoms with Gasteiger partial charge in [0.1, 0.15) is 5.75 Å². The van der Waals surface area contributed by atoms with Gasteiger partial charge in [0.2, 0.25) is 0 Å². The summed E-state index contributed by atoms with van der Waals surface area (Å²) in [6.45, 7) is 3.81. The average molecular weight is 334 g/mol. The SMILES string of the molecule is COC(=O)c1ccc(OC(C)C)c(NC(=O)NC2CCCCC2)c1. The Balaban J connectivity index is 2.11. The number of hydrogen-bond donors (Lipinski definition) is 2. The molecule has 24 heavy (non-hydrogen) atoms. The summed E-state index contributed by atoms with van der Waals surface area (Å²) in [6, 6.07) is 4.79. The molecule has 2 N–H and O–H groups in total. The van der Waals surface area contributed by atoms with E-state index in [2.05, 4.69) is 10.6 Å². The summed E-state index contributed by atoms with van der Waals surface area (Å²) in [5, 5.41) is 5.79. The minimum absolute atomic E-state index is 0.0454. The zero-order valence-electron chi connectivity index (χ0n) is 14.6. The van der Waals surface area contributed by atoms with Crippen LogP contribution in [0.25, 0.3) is 0 Å². The van der Waals surface area contributed by atoms with Crippen LogP contribution in [-0.2, 0) is 4.74 Å². The van der Waals surface area contributed by atoms with E-state index >= 15 is 0 Å². The molecule has 1 fully saturated rings. The van der Waals surface area contributed by atoms with E-state index in [1.54, 1.807) is 18.2 Å². The number of nitrogens with one attached hydrogen (secondary N) is 2. The highest BCUT2D eigenvalue weighted by atomic mass is 16.5. The van der Waals surface area contributed by atoms with Gasteiger partial charge in [-0.1, -0.05) is 19.3 Å². The predicted octanol–water partition coefficient (Wildman–Crippen LogP) is 3.71. The Labute approximate surface area is 142 Å². The van der Waals surface area contributed by atoms with Crippen LogP contribution >= 0.6 is 0 Å². The number of carbonyl (C=O) groups excluding carboxylic acids is 2. The number of anilines is 1. The van der Waals surface area contributed by atoms with Gasteiger partial charge in [-0.15, -0.1) is 0 Å². The first-order chi connectivity index (χ1) is 11.5. The minimum Gasteiger partial charge on any atom is -0.489 e. The summed E-state index contributed by atoms with van der Waals surface area (Å²) in [5.41, 5.74) is 0.821. The van der Waals surface area contributed by atoms with Crippen LogP contribution in [0, 0.1) is 0 Å². The molecule has 1 aliphatic rings. The molecule has 1 saturated carbocycles. The molecule has 0 heterocycles. The number of benzene rings is 1. The Bertz CT molecular complexity index is 580. The number of esters is 1. The van der Waals surface area contributed by atoms with Crippen molar-refractivity contribution in [2.24, 2.45) is 0 Å². The Morgan fingerprint density at radius 1 is 1.17 bits per heavy atom. The number of carbonyl (C=O) groups is 2. The lowest BCUT2D eigenvalue weighted by atomic mass is 9.96. The normalized spacial score (nSPS) is 15.0. The molecule has 2 amide bonds.